The van der Waals surface area contributed by atoms with Crippen molar-refractivity contribution in [3.05, 3.63) is 28.6 Å². The molecule has 11 heteroatoms. The molecule has 0 spiro atoms. The molecule has 0 N–H and O–H groups in total. The van der Waals surface area contributed by atoms with E-state index in [0.29, 0.717) is 0 Å². The molecule has 1 rings (SSSR count). The van der Waals surface area contributed by atoms with Crippen molar-refractivity contribution in [3.8, 4) is 0 Å². The SMILES string of the molecule is CCOC(=O)c1cc(C(=O)OCC)c(C(F)(F)F)nc1C(F)(F)F. The minimum Gasteiger partial charge on any atom is -0.462 e. The largest absolute Gasteiger partial charge is 0.462 e. The van der Waals surface area contributed by atoms with Gasteiger partial charge < -0.3 is 9.47 Å². The maximum Gasteiger partial charge on any atom is 0.434 e. The number of aromatic nitrogens is 1. The van der Waals surface area contributed by atoms with Gasteiger partial charge in [-0.3, -0.25) is 0 Å². The Morgan fingerprint density at radius 2 is 1.21 bits per heavy atom. The Labute approximate surface area is 131 Å². The maximum absolute atomic E-state index is 12.9. The molecule has 0 saturated carbocycles. The van der Waals surface area contributed by atoms with Gasteiger partial charge in [0.25, 0.3) is 0 Å². The number of ether oxygens (including phenoxy) is 2. The number of alkyl halides is 6. The molecule has 0 atom stereocenters. The summed E-state index contributed by atoms with van der Waals surface area (Å²) in [6.45, 7) is 1.92. The summed E-state index contributed by atoms with van der Waals surface area (Å²) >= 11 is 0. The van der Waals surface area contributed by atoms with Gasteiger partial charge in [-0.25, -0.2) is 14.6 Å². The number of esters is 2. The molecule has 0 saturated heterocycles. The number of carbonyl (C=O) groups excluding carboxylic acids is 2. The summed E-state index contributed by atoms with van der Waals surface area (Å²) in [4.78, 5) is 25.7. The molecule has 0 radical (unpaired) electrons. The Bertz CT molecular complexity index is 587. The average Bonchev–Trinajstić information content (AvgIpc) is 2.44. The van der Waals surface area contributed by atoms with E-state index in [1.807, 2.05) is 0 Å². The summed E-state index contributed by atoms with van der Waals surface area (Å²) in [5, 5.41) is 0. The molecule has 0 bridgehead atoms. The normalized spacial score (nSPS) is 12.0. The van der Waals surface area contributed by atoms with Crippen molar-refractivity contribution in [2.45, 2.75) is 26.2 Å². The van der Waals surface area contributed by atoms with E-state index < -0.39 is 46.8 Å². The Hall–Kier alpha value is -2.33. The Balaban J connectivity index is 3.73. The second-order valence-corrected chi connectivity index (χ2v) is 4.22. The lowest BCUT2D eigenvalue weighted by Gasteiger charge is -2.17. The van der Waals surface area contributed by atoms with Gasteiger partial charge in [0.2, 0.25) is 0 Å². The Morgan fingerprint density at radius 3 is 1.46 bits per heavy atom. The first-order valence-corrected chi connectivity index (χ1v) is 6.47. The molecule has 0 aliphatic heterocycles. The number of carbonyl (C=O) groups is 2. The summed E-state index contributed by atoms with van der Waals surface area (Å²) in [6.07, 6.45) is -10.7. The topological polar surface area (TPSA) is 65.5 Å². The van der Waals surface area contributed by atoms with Gasteiger partial charge in [0.1, 0.15) is 0 Å². The molecular formula is C13H11F6NO4. The number of nitrogens with zero attached hydrogens (tertiary/aromatic N) is 1. The molecule has 0 aliphatic rings. The summed E-state index contributed by atoms with van der Waals surface area (Å²) in [5.74, 6) is -3.12. The fraction of sp³-hybridized carbons (Fsp3) is 0.462. The van der Waals surface area contributed by atoms with Gasteiger partial charge in [-0.2, -0.15) is 26.3 Å². The van der Waals surface area contributed by atoms with E-state index in [1.54, 1.807) is 0 Å². The summed E-state index contributed by atoms with van der Waals surface area (Å²) in [7, 11) is 0. The van der Waals surface area contributed by atoms with Gasteiger partial charge in [-0.1, -0.05) is 0 Å². The van der Waals surface area contributed by atoms with Crippen molar-refractivity contribution in [3.63, 3.8) is 0 Å². The van der Waals surface area contributed by atoms with Crippen LogP contribution >= 0.6 is 0 Å². The molecule has 0 aromatic carbocycles. The van der Waals surface area contributed by atoms with Crippen LogP contribution in [0.15, 0.2) is 6.07 Å². The van der Waals surface area contributed by atoms with Crippen LogP contribution in [0, 0.1) is 0 Å². The number of halogens is 6. The van der Waals surface area contributed by atoms with Gasteiger partial charge in [-0.15, -0.1) is 0 Å². The van der Waals surface area contributed by atoms with Crippen molar-refractivity contribution in [1.82, 2.24) is 4.98 Å². The first-order valence-electron chi connectivity index (χ1n) is 6.47. The number of pyridine rings is 1. The Morgan fingerprint density at radius 1 is 0.875 bits per heavy atom. The lowest BCUT2D eigenvalue weighted by Crippen LogP contribution is -2.25. The molecule has 0 unspecified atom stereocenters. The van der Waals surface area contributed by atoms with E-state index in [1.165, 1.54) is 13.8 Å². The highest BCUT2D eigenvalue weighted by Gasteiger charge is 2.45. The van der Waals surface area contributed by atoms with E-state index in [0.717, 1.165) is 0 Å². The second-order valence-electron chi connectivity index (χ2n) is 4.22. The van der Waals surface area contributed by atoms with Crippen LogP contribution in [0.5, 0.6) is 0 Å². The van der Waals surface area contributed by atoms with Crippen LogP contribution in [-0.4, -0.2) is 30.1 Å². The average molecular weight is 359 g/mol. The second kappa shape index (κ2) is 7.05. The van der Waals surface area contributed by atoms with Crippen molar-refractivity contribution in [2.24, 2.45) is 0 Å². The van der Waals surface area contributed by atoms with Crippen molar-refractivity contribution < 1.29 is 45.4 Å². The van der Waals surface area contributed by atoms with Gasteiger partial charge in [-0.05, 0) is 19.9 Å². The summed E-state index contributed by atoms with van der Waals surface area (Å²) in [5.41, 5.74) is -6.80. The smallest absolute Gasteiger partial charge is 0.434 e. The first kappa shape index (κ1) is 19.7. The van der Waals surface area contributed by atoms with Crippen LogP contribution in [0.2, 0.25) is 0 Å². The highest BCUT2D eigenvalue weighted by atomic mass is 19.4. The third-order valence-corrected chi connectivity index (χ3v) is 2.55. The highest BCUT2D eigenvalue weighted by molar-refractivity contribution is 5.97. The highest BCUT2D eigenvalue weighted by Crippen LogP contribution is 2.37. The summed E-state index contributed by atoms with van der Waals surface area (Å²) < 4.78 is 86.4. The van der Waals surface area contributed by atoms with Crippen molar-refractivity contribution >= 4 is 11.9 Å². The van der Waals surface area contributed by atoms with E-state index >= 15 is 0 Å². The molecule has 1 aromatic heterocycles. The van der Waals surface area contributed by atoms with Crippen molar-refractivity contribution in [2.75, 3.05) is 13.2 Å². The molecule has 1 heterocycles. The van der Waals surface area contributed by atoms with Crippen LogP contribution < -0.4 is 0 Å². The monoisotopic (exact) mass is 359 g/mol. The zero-order valence-electron chi connectivity index (χ0n) is 12.3. The van der Waals surface area contributed by atoms with E-state index in [2.05, 4.69) is 14.5 Å². The third-order valence-electron chi connectivity index (χ3n) is 2.55. The van der Waals surface area contributed by atoms with E-state index in [4.69, 9.17) is 0 Å². The predicted octanol–water partition coefficient (Wildman–Crippen LogP) is 3.47. The first-order chi connectivity index (χ1) is 10.9. The van der Waals surface area contributed by atoms with Crippen LogP contribution in [0.1, 0.15) is 46.0 Å². The lowest BCUT2D eigenvalue weighted by molar-refractivity contribution is -0.150. The molecule has 24 heavy (non-hydrogen) atoms. The third kappa shape index (κ3) is 4.36. The molecule has 0 aliphatic carbocycles. The predicted molar refractivity (Wildman–Crippen MR) is 66.2 cm³/mol. The lowest BCUT2D eigenvalue weighted by atomic mass is 10.1. The molecule has 1 aromatic rings. The molecule has 0 fully saturated rings. The fourth-order valence-electron chi connectivity index (χ4n) is 1.67. The van der Waals surface area contributed by atoms with E-state index in [-0.39, 0.29) is 19.3 Å². The standard InChI is InChI=1S/C13H11F6NO4/c1-3-23-10(21)6-5-7(11(22)24-4-2)9(13(17,18)19)20-8(6)12(14,15)16/h5H,3-4H2,1-2H3. The number of hydrogen-bond acceptors (Lipinski definition) is 5. The summed E-state index contributed by atoms with van der Waals surface area (Å²) in [6, 6.07) is 0.134. The van der Waals surface area contributed by atoms with Crippen molar-refractivity contribution in [1.29, 1.82) is 0 Å². The van der Waals surface area contributed by atoms with Gasteiger partial charge in [0.15, 0.2) is 11.4 Å². The van der Waals surface area contributed by atoms with Crippen LogP contribution in [-0.2, 0) is 21.8 Å². The van der Waals surface area contributed by atoms with Gasteiger partial charge >= 0.3 is 24.3 Å². The maximum atomic E-state index is 12.9. The van der Waals surface area contributed by atoms with Crippen LogP contribution in [0.4, 0.5) is 26.3 Å². The van der Waals surface area contributed by atoms with Gasteiger partial charge in [0, 0.05) is 0 Å². The zero-order valence-corrected chi connectivity index (χ0v) is 12.3. The molecule has 0 amide bonds. The molecule has 5 nitrogen and oxygen atoms in total. The minimum atomic E-state index is -5.37. The Kier molecular flexibility index (Phi) is 5.80. The number of hydrogen-bond donors (Lipinski definition) is 0. The van der Waals surface area contributed by atoms with Crippen LogP contribution in [0.3, 0.4) is 0 Å². The van der Waals surface area contributed by atoms with Gasteiger partial charge in [0.05, 0.1) is 24.3 Å². The quantitative estimate of drug-likeness (QED) is 0.608. The fourth-order valence-corrected chi connectivity index (χ4v) is 1.67. The van der Waals surface area contributed by atoms with Crippen LogP contribution in [0.25, 0.3) is 0 Å². The molecule has 134 valence electrons. The zero-order chi connectivity index (χ0) is 18.7. The minimum absolute atomic E-state index is 0.134. The van der Waals surface area contributed by atoms with E-state index in [9.17, 15) is 35.9 Å². The molecular weight excluding hydrogens is 348 g/mol. The number of rotatable bonds is 4.